The van der Waals surface area contributed by atoms with Gasteiger partial charge in [0.05, 0.1) is 6.61 Å². The van der Waals surface area contributed by atoms with Crippen molar-refractivity contribution in [3.63, 3.8) is 0 Å². The van der Waals surface area contributed by atoms with Crippen LogP contribution in [0.5, 0.6) is 0 Å². The maximum absolute atomic E-state index is 10.2. The predicted octanol–water partition coefficient (Wildman–Crippen LogP) is 3.07. The van der Waals surface area contributed by atoms with E-state index in [4.69, 9.17) is 37.4 Å². The van der Waals surface area contributed by atoms with E-state index in [0.717, 1.165) is 12.8 Å². The largest absolute Gasteiger partial charge is 0.397 e. The lowest BCUT2D eigenvalue weighted by molar-refractivity contribution is 0.261. The Labute approximate surface area is 189 Å². The van der Waals surface area contributed by atoms with E-state index in [1.807, 2.05) is 0 Å². The van der Waals surface area contributed by atoms with Gasteiger partial charge in [0.15, 0.2) is 0 Å². The molecule has 0 amide bonds. The van der Waals surface area contributed by atoms with Crippen molar-refractivity contribution in [1.29, 1.82) is 0 Å². The molecule has 0 saturated carbocycles. The molecule has 0 atom stereocenters. The summed E-state index contributed by atoms with van der Waals surface area (Å²) in [5.74, 6) is 0. The molecular weight excluding hydrogens is 456 g/mol. The van der Waals surface area contributed by atoms with Crippen molar-refractivity contribution in [1.82, 2.24) is 0 Å². The second-order valence-corrected chi connectivity index (χ2v) is 7.82. The zero-order valence-electron chi connectivity index (χ0n) is 19.4. The maximum atomic E-state index is 10.2. The van der Waals surface area contributed by atoms with Crippen LogP contribution >= 0.6 is 0 Å². The molecule has 0 aromatic carbocycles. The lowest BCUT2D eigenvalue weighted by atomic mass is 10.1. The van der Waals surface area contributed by atoms with Crippen molar-refractivity contribution < 1.29 is 50.0 Å². The highest BCUT2D eigenvalue weighted by Gasteiger charge is 2.02. The highest BCUT2D eigenvalue weighted by Crippen LogP contribution is 2.10. The van der Waals surface area contributed by atoms with Gasteiger partial charge in [0, 0.05) is 19.8 Å². The Morgan fingerprint density at radius 1 is 0.548 bits per heavy atom. The van der Waals surface area contributed by atoms with Gasteiger partial charge in [-0.05, 0) is 27.2 Å². The molecule has 0 unspecified atom stereocenters. The van der Waals surface area contributed by atoms with E-state index in [2.05, 4.69) is 11.1 Å². The fraction of sp³-hybridized carbons (Fsp3) is 1.00. The minimum atomic E-state index is -4.67. The van der Waals surface area contributed by atoms with Crippen LogP contribution < -0.4 is 0 Å². The molecule has 196 valence electrons. The quantitative estimate of drug-likeness (QED) is 0.169. The van der Waals surface area contributed by atoms with Crippen LogP contribution in [0.25, 0.3) is 0 Å². The average molecular weight is 503 g/mol. The van der Waals surface area contributed by atoms with E-state index in [1.165, 1.54) is 44.9 Å². The summed E-state index contributed by atoms with van der Waals surface area (Å²) in [6, 6.07) is 0. The Hall–Kier alpha value is -0.380. The van der Waals surface area contributed by atoms with E-state index in [0.29, 0.717) is 6.42 Å². The molecule has 6 N–H and O–H groups in total. The fourth-order valence-electron chi connectivity index (χ4n) is 1.75. The molecule has 0 fully saturated rings. The molecule has 0 spiro atoms. The van der Waals surface area contributed by atoms with Crippen molar-refractivity contribution in [3.05, 3.63) is 0 Å². The summed E-state index contributed by atoms with van der Waals surface area (Å²) in [5, 5.41) is 22.7. The summed E-state index contributed by atoms with van der Waals surface area (Å²) < 4.78 is 64.6. The first-order chi connectivity index (χ1) is 14.3. The van der Waals surface area contributed by atoms with Gasteiger partial charge in [-0.1, -0.05) is 64.7 Å². The zero-order valence-corrected chi connectivity index (χ0v) is 21.1. The van der Waals surface area contributed by atoms with Gasteiger partial charge in [-0.25, -0.2) is 4.18 Å². The lowest BCUT2D eigenvalue weighted by Gasteiger charge is -2.02. The summed E-state index contributed by atoms with van der Waals surface area (Å²) in [7, 11) is -8.90. The molecule has 0 aliphatic rings. The fourth-order valence-corrected chi connectivity index (χ4v) is 2.08. The molecule has 13 heteroatoms. The molecule has 0 aliphatic heterocycles. The van der Waals surface area contributed by atoms with Gasteiger partial charge < -0.3 is 15.3 Å². The Morgan fingerprint density at radius 3 is 1.00 bits per heavy atom. The van der Waals surface area contributed by atoms with Crippen LogP contribution in [0.1, 0.15) is 91.9 Å². The standard InChI is InChI=1S/C12H26O4S.3C2H6O.H2O4S/c1-2-3-4-5-6-7-8-9-10-11-12-16-17(13,14)15;3*1-2-3;1-5(2,3)4/h2-12H2,1H3,(H,13,14,15);3*3H,2H2,1H3;(H2,1,2,3,4). The van der Waals surface area contributed by atoms with Gasteiger partial charge in [0.25, 0.3) is 0 Å². The van der Waals surface area contributed by atoms with Crippen LogP contribution in [-0.4, -0.2) is 72.2 Å². The van der Waals surface area contributed by atoms with Crippen LogP contribution in [0.3, 0.4) is 0 Å². The smallest absolute Gasteiger partial charge is 0.397 e. The first-order valence-corrected chi connectivity index (χ1v) is 13.2. The number of aliphatic hydroxyl groups excluding tert-OH is 3. The van der Waals surface area contributed by atoms with Crippen LogP contribution in [-0.2, 0) is 25.0 Å². The third kappa shape index (κ3) is 122. The van der Waals surface area contributed by atoms with E-state index >= 15 is 0 Å². The highest BCUT2D eigenvalue weighted by molar-refractivity contribution is 7.80. The second-order valence-electron chi connectivity index (χ2n) is 5.83. The monoisotopic (exact) mass is 502 g/mol. The topological polar surface area (TPSA) is 199 Å². The van der Waals surface area contributed by atoms with Crippen LogP contribution in [0, 0.1) is 0 Å². The third-order valence-electron chi connectivity index (χ3n) is 2.73. The number of rotatable bonds is 12. The van der Waals surface area contributed by atoms with E-state index in [9.17, 15) is 8.42 Å². The molecule has 0 bridgehead atoms. The van der Waals surface area contributed by atoms with Gasteiger partial charge in [0.1, 0.15) is 0 Å². The van der Waals surface area contributed by atoms with Gasteiger partial charge in [-0.15, -0.1) is 0 Å². The van der Waals surface area contributed by atoms with Crippen molar-refractivity contribution in [2.45, 2.75) is 91.9 Å². The molecule has 0 heterocycles. The van der Waals surface area contributed by atoms with E-state index in [1.54, 1.807) is 20.8 Å². The van der Waals surface area contributed by atoms with Crippen molar-refractivity contribution >= 4 is 20.8 Å². The summed E-state index contributed by atoms with van der Waals surface area (Å²) in [6.45, 7) is 8.10. The van der Waals surface area contributed by atoms with Gasteiger partial charge >= 0.3 is 20.8 Å². The summed E-state index contributed by atoms with van der Waals surface area (Å²) in [5.41, 5.74) is 0. The Morgan fingerprint density at radius 2 is 0.774 bits per heavy atom. The van der Waals surface area contributed by atoms with Crippen LogP contribution in [0.4, 0.5) is 0 Å². The lowest BCUT2D eigenvalue weighted by Crippen LogP contribution is -2.04. The van der Waals surface area contributed by atoms with Gasteiger partial charge in [-0.3, -0.25) is 13.7 Å². The molecule has 0 rings (SSSR count). The molecule has 0 aliphatic carbocycles. The van der Waals surface area contributed by atoms with Gasteiger partial charge in [-0.2, -0.15) is 16.8 Å². The minimum Gasteiger partial charge on any atom is -0.397 e. The number of unbranched alkanes of at least 4 members (excludes halogenated alkanes) is 9. The Bertz CT molecular complexity index is 468. The SMILES string of the molecule is CCCCCCCCCCCCOS(=O)(=O)O.CCO.CCO.CCO.O=S(=O)(O)O. The summed E-state index contributed by atoms with van der Waals surface area (Å²) in [4.78, 5) is 0. The molecule has 0 aromatic heterocycles. The summed E-state index contributed by atoms with van der Waals surface area (Å²) >= 11 is 0. The second kappa shape index (κ2) is 34.2. The van der Waals surface area contributed by atoms with Crippen LogP contribution in [0.2, 0.25) is 0 Å². The predicted molar refractivity (Wildman–Crippen MR) is 122 cm³/mol. The van der Waals surface area contributed by atoms with E-state index in [-0.39, 0.29) is 26.4 Å². The van der Waals surface area contributed by atoms with Crippen molar-refractivity contribution in [2.75, 3.05) is 26.4 Å². The van der Waals surface area contributed by atoms with E-state index < -0.39 is 20.8 Å². The minimum absolute atomic E-state index is 0.0926. The Kier molecular flexibility index (Phi) is 45.2. The number of hydrogen-bond donors (Lipinski definition) is 6. The third-order valence-corrected chi connectivity index (χ3v) is 3.19. The molecular formula is C18H46O11S2. The molecule has 31 heavy (non-hydrogen) atoms. The normalized spacial score (nSPS) is 10.1. The summed E-state index contributed by atoms with van der Waals surface area (Å²) in [6.07, 6.45) is 11.9. The van der Waals surface area contributed by atoms with Gasteiger partial charge in [0.2, 0.25) is 0 Å². The molecule has 11 nitrogen and oxygen atoms in total. The Balaban J connectivity index is -0.000000131. The molecule has 0 saturated heterocycles. The maximum Gasteiger partial charge on any atom is 0.397 e. The zero-order chi connectivity index (χ0) is 25.6. The number of hydrogen-bond acceptors (Lipinski definition) is 8. The van der Waals surface area contributed by atoms with Crippen molar-refractivity contribution in [2.24, 2.45) is 0 Å². The number of aliphatic hydroxyl groups is 3. The molecule has 0 radical (unpaired) electrons. The molecule has 0 aromatic rings. The van der Waals surface area contributed by atoms with Crippen molar-refractivity contribution in [3.8, 4) is 0 Å². The first-order valence-electron chi connectivity index (χ1n) is 10.4. The van der Waals surface area contributed by atoms with Crippen LogP contribution in [0.15, 0.2) is 0 Å². The first kappa shape index (κ1) is 40.9. The highest BCUT2D eigenvalue weighted by atomic mass is 32.3. The average Bonchev–Trinajstić information content (AvgIpc) is 2.59.